The molecular weight excluding hydrogens is 258 g/mol. The van der Waals surface area contributed by atoms with Crippen LogP contribution in [0.15, 0.2) is 12.1 Å². The van der Waals surface area contributed by atoms with Crippen molar-refractivity contribution in [2.75, 3.05) is 7.11 Å². The zero-order valence-electron chi connectivity index (χ0n) is 7.59. The van der Waals surface area contributed by atoms with Crippen molar-refractivity contribution >= 4 is 45.7 Å². The molecule has 1 heterocycles. The second-order valence-electron chi connectivity index (χ2n) is 2.79. The molecule has 0 atom stereocenters. The van der Waals surface area contributed by atoms with E-state index in [0.29, 0.717) is 21.7 Å². The van der Waals surface area contributed by atoms with Crippen molar-refractivity contribution < 1.29 is 4.74 Å². The molecule has 15 heavy (non-hydrogen) atoms. The molecule has 0 aliphatic rings. The highest BCUT2D eigenvalue weighted by Crippen LogP contribution is 2.31. The highest BCUT2D eigenvalue weighted by molar-refractivity contribution is 6.39. The van der Waals surface area contributed by atoms with Gasteiger partial charge in [-0.25, -0.2) is 9.97 Å². The van der Waals surface area contributed by atoms with Gasteiger partial charge in [0.05, 0.1) is 17.6 Å². The van der Waals surface area contributed by atoms with Crippen molar-refractivity contribution in [3.05, 3.63) is 27.6 Å². The molecule has 2 aromatic rings. The summed E-state index contributed by atoms with van der Waals surface area (Å²) < 4.78 is 5.06. The number of hydrogen-bond acceptors (Lipinski definition) is 3. The van der Waals surface area contributed by atoms with Gasteiger partial charge < -0.3 is 4.74 Å². The maximum atomic E-state index is 6.00. The fourth-order valence-corrected chi connectivity index (χ4v) is 1.91. The van der Waals surface area contributed by atoms with Crippen LogP contribution in [0.4, 0.5) is 0 Å². The molecule has 0 radical (unpaired) electrons. The third-order valence-corrected chi connectivity index (χ3v) is 2.63. The third-order valence-electron chi connectivity index (χ3n) is 1.89. The predicted octanol–water partition coefficient (Wildman–Crippen LogP) is 3.60. The highest BCUT2D eigenvalue weighted by Gasteiger charge is 2.10. The number of methoxy groups -OCH3 is 1. The molecule has 78 valence electrons. The van der Waals surface area contributed by atoms with E-state index < -0.39 is 0 Å². The Morgan fingerprint density at radius 2 is 1.87 bits per heavy atom. The van der Waals surface area contributed by atoms with Crippen LogP contribution in [-0.4, -0.2) is 17.1 Å². The van der Waals surface area contributed by atoms with E-state index in [2.05, 4.69) is 9.97 Å². The minimum absolute atomic E-state index is 0.0690. The lowest BCUT2D eigenvalue weighted by Crippen LogP contribution is -1.90. The van der Waals surface area contributed by atoms with Crippen LogP contribution >= 0.6 is 34.8 Å². The van der Waals surface area contributed by atoms with Crippen LogP contribution in [0.25, 0.3) is 10.9 Å². The Hall–Kier alpha value is -0.770. The largest absolute Gasteiger partial charge is 0.497 e. The number of aromatic nitrogens is 2. The minimum Gasteiger partial charge on any atom is -0.497 e. The minimum atomic E-state index is 0.0690. The van der Waals surface area contributed by atoms with Gasteiger partial charge in [0.15, 0.2) is 0 Å². The van der Waals surface area contributed by atoms with Crippen LogP contribution in [0.3, 0.4) is 0 Å². The van der Waals surface area contributed by atoms with E-state index in [0.717, 1.165) is 0 Å². The standard InChI is InChI=1S/C9H5Cl3N2O/c1-15-4-2-5-7(6(10)3-4)13-9(12)14-8(5)11/h2-3H,1H3. The Bertz CT molecular complexity index is 530. The van der Waals surface area contributed by atoms with Gasteiger partial charge in [-0.1, -0.05) is 23.2 Å². The summed E-state index contributed by atoms with van der Waals surface area (Å²) in [5.74, 6) is 0.598. The van der Waals surface area contributed by atoms with E-state index in [1.54, 1.807) is 19.2 Å². The summed E-state index contributed by atoms with van der Waals surface area (Å²) in [4.78, 5) is 7.82. The van der Waals surface area contributed by atoms with Gasteiger partial charge in [0.25, 0.3) is 0 Å². The van der Waals surface area contributed by atoms with E-state index in [-0.39, 0.29) is 10.4 Å². The van der Waals surface area contributed by atoms with E-state index >= 15 is 0 Å². The summed E-state index contributed by atoms with van der Waals surface area (Å²) >= 11 is 17.6. The summed E-state index contributed by atoms with van der Waals surface area (Å²) in [5, 5.41) is 1.37. The lowest BCUT2D eigenvalue weighted by atomic mass is 10.2. The Kier molecular flexibility index (Phi) is 2.87. The van der Waals surface area contributed by atoms with Crippen LogP contribution in [0.5, 0.6) is 5.75 Å². The molecule has 0 bridgehead atoms. The SMILES string of the molecule is COc1cc(Cl)c2nc(Cl)nc(Cl)c2c1. The number of benzene rings is 1. The van der Waals surface area contributed by atoms with Crippen LogP contribution in [0, 0.1) is 0 Å². The molecule has 0 fully saturated rings. The molecule has 1 aromatic carbocycles. The van der Waals surface area contributed by atoms with Crippen molar-refractivity contribution in [1.82, 2.24) is 9.97 Å². The van der Waals surface area contributed by atoms with Crippen LogP contribution in [0.2, 0.25) is 15.5 Å². The maximum Gasteiger partial charge on any atom is 0.224 e. The van der Waals surface area contributed by atoms with Gasteiger partial charge >= 0.3 is 0 Å². The molecule has 0 N–H and O–H groups in total. The summed E-state index contributed by atoms with van der Waals surface area (Å²) in [7, 11) is 1.54. The third kappa shape index (κ3) is 1.95. The van der Waals surface area contributed by atoms with Gasteiger partial charge in [-0.2, -0.15) is 0 Å². The molecule has 0 spiro atoms. The van der Waals surface area contributed by atoms with Gasteiger partial charge in [-0.3, -0.25) is 0 Å². The lowest BCUT2D eigenvalue weighted by Gasteiger charge is -2.05. The first-order valence-corrected chi connectivity index (χ1v) is 5.11. The van der Waals surface area contributed by atoms with Gasteiger partial charge in [-0.15, -0.1) is 0 Å². The zero-order valence-corrected chi connectivity index (χ0v) is 9.86. The topological polar surface area (TPSA) is 35.0 Å². The molecule has 1 aromatic heterocycles. The van der Waals surface area contributed by atoms with E-state index in [1.165, 1.54) is 0 Å². The smallest absolute Gasteiger partial charge is 0.224 e. The molecule has 0 aliphatic heterocycles. The Morgan fingerprint density at radius 3 is 2.53 bits per heavy atom. The average molecular weight is 264 g/mol. The van der Waals surface area contributed by atoms with Crippen molar-refractivity contribution in [2.24, 2.45) is 0 Å². The van der Waals surface area contributed by atoms with Gasteiger partial charge in [0, 0.05) is 11.5 Å². The van der Waals surface area contributed by atoms with Crippen LogP contribution < -0.4 is 4.74 Å². The predicted molar refractivity (Wildman–Crippen MR) is 61.1 cm³/mol. The number of hydrogen-bond donors (Lipinski definition) is 0. The van der Waals surface area contributed by atoms with Gasteiger partial charge in [0.1, 0.15) is 10.9 Å². The Morgan fingerprint density at radius 1 is 1.13 bits per heavy atom. The number of nitrogens with zero attached hydrogens (tertiary/aromatic N) is 2. The van der Waals surface area contributed by atoms with E-state index in [1.807, 2.05) is 0 Å². The number of ether oxygens (including phenoxy) is 1. The Labute approximate surface area is 101 Å². The van der Waals surface area contributed by atoms with Crippen molar-refractivity contribution in [1.29, 1.82) is 0 Å². The first-order valence-electron chi connectivity index (χ1n) is 3.98. The van der Waals surface area contributed by atoms with Crippen molar-refractivity contribution in [3.8, 4) is 5.75 Å². The molecule has 0 saturated carbocycles. The molecule has 0 unspecified atom stereocenters. The van der Waals surface area contributed by atoms with E-state index in [9.17, 15) is 0 Å². The highest BCUT2D eigenvalue weighted by atomic mass is 35.5. The van der Waals surface area contributed by atoms with E-state index in [4.69, 9.17) is 39.5 Å². The average Bonchev–Trinajstić information content (AvgIpc) is 2.19. The summed E-state index contributed by atoms with van der Waals surface area (Å²) in [6.07, 6.45) is 0. The maximum absolute atomic E-state index is 6.00. The summed E-state index contributed by atoms with van der Waals surface area (Å²) in [6, 6.07) is 3.35. The second-order valence-corrected chi connectivity index (χ2v) is 3.89. The normalized spacial score (nSPS) is 10.7. The zero-order chi connectivity index (χ0) is 11.0. The number of rotatable bonds is 1. The molecule has 6 heteroatoms. The fraction of sp³-hybridized carbons (Fsp3) is 0.111. The first kappa shape index (κ1) is 10.7. The summed E-state index contributed by atoms with van der Waals surface area (Å²) in [5.41, 5.74) is 0.516. The number of fused-ring (bicyclic) bond motifs is 1. The monoisotopic (exact) mass is 262 g/mol. The van der Waals surface area contributed by atoms with Gasteiger partial charge in [-0.05, 0) is 17.7 Å². The van der Waals surface area contributed by atoms with Crippen molar-refractivity contribution in [3.63, 3.8) is 0 Å². The molecule has 3 nitrogen and oxygen atoms in total. The molecule has 0 amide bonds. The number of halogens is 3. The molecular formula is C9H5Cl3N2O. The quantitative estimate of drug-likeness (QED) is 0.582. The molecule has 0 aliphatic carbocycles. The van der Waals surface area contributed by atoms with Gasteiger partial charge in [0.2, 0.25) is 5.28 Å². The van der Waals surface area contributed by atoms with Crippen LogP contribution in [0.1, 0.15) is 0 Å². The second kappa shape index (κ2) is 4.00. The lowest BCUT2D eigenvalue weighted by molar-refractivity contribution is 0.415. The first-order chi connectivity index (χ1) is 7.11. The molecule has 2 rings (SSSR count). The Balaban J connectivity index is 2.85. The van der Waals surface area contributed by atoms with Crippen molar-refractivity contribution in [2.45, 2.75) is 0 Å². The summed E-state index contributed by atoms with van der Waals surface area (Å²) in [6.45, 7) is 0. The fourth-order valence-electron chi connectivity index (χ4n) is 1.22. The van der Waals surface area contributed by atoms with Crippen LogP contribution in [-0.2, 0) is 0 Å². The molecule has 0 saturated heterocycles.